The van der Waals surface area contributed by atoms with Crippen molar-refractivity contribution < 1.29 is 4.74 Å². The number of likely N-dealkylation sites (tertiary alicyclic amines) is 1. The van der Waals surface area contributed by atoms with E-state index >= 15 is 0 Å². The third kappa shape index (κ3) is 4.37. The van der Waals surface area contributed by atoms with E-state index in [1.54, 1.807) is 0 Å². The second-order valence-corrected chi connectivity index (χ2v) is 7.49. The molecular weight excluding hydrogens is 274 g/mol. The van der Waals surface area contributed by atoms with Gasteiger partial charge in [-0.05, 0) is 50.4 Å². The molecule has 0 unspecified atom stereocenters. The molecule has 126 valence electrons. The van der Waals surface area contributed by atoms with Crippen molar-refractivity contribution in [2.75, 3.05) is 39.4 Å². The molecule has 3 rings (SSSR count). The minimum Gasteiger partial charge on any atom is -0.379 e. The van der Waals surface area contributed by atoms with E-state index in [4.69, 9.17) is 9.73 Å². The van der Waals surface area contributed by atoms with Gasteiger partial charge in [0.05, 0.1) is 13.2 Å². The van der Waals surface area contributed by atoms with Gasteiger partial charge in [-0.1, -0.05) is 19.3 Å². The van der Waals surface area contributed by atoms with Gasteiger partial charge in [-0.15, -0.1) is 0 Å². The first-order chi connectivity index (χ1) is 10.8. The van der Waals surface area contributed by atoms with Gasteiger partial charge in [-0.25, -0.2) is 0 Å². The van der Waals surface area contributed by atoms with Crippen molar-refractivity contribution in [3.8, 4) is 0 Å². The molecule has 1 spiro atoms. The Balaban J connectivity index is 1.47. The van der Waals surface area contributed by atoms with Gasteiger partial charge in [0.2, 0.25) is 0 Å². The molecule has 22 heavy (non-hydrogen) atoms. The predicted molar refractivity (Wildman–Crippen MR) is 91.2 cm³/mol. The van der Waals surface area contributed by atoms with Gasteiger partial charge in [0, 0.05) is 26.2 Å². The van der Waals surface area contributed by atoms with E-state index < -0.39 is 0 Å². The molecule has 4 nitrogen and oxygen atoms in total. The van der Waals surface area contributed by atoms with Crippen LogP contribution in [0.4, 0.5) is 0 Å². The summed E-state index contributed by atoms with van der Waals surface area (Å²) >= 11 is 0. The second kappa shape index (κ2) is 7.67. The van der Waals surface area contributed by atoms with Gasteiger partial charge >= 0.3 is 0 Å². The Hall–Kier alpha value is -0.770. The minimum atomic E-state index is 0.594. The molecule has 0 amide bonds. The molecule has 1 aliphatic heterocycles. The summed E-state index contributed by atoms with van der Waals surface area (Å²) < 4.78 is 5.71. The van der Waals surface area contributed by atoms with E-state index in [9.17, 15) is 0 Å². The zero-order chi connectivity index (χ0) is 15.3. The van der Waals surface area contributed by atoms with Crippen LogP contribution in [0.2, 0.25) is 0 Å². The third-order valence-electron chi connectivity index (χ3n) is 5.53. The quantitative estimate of drug-likeness (QED) is 0.465. The van der Waals surface area contributed by atoms with Crippen molar-refractivity contribution in [2.24, 2.45) is 16.3 Å². The van der Waals surface area contributed by atoms with Gasteiger partial charge in [0.15, 0.2) is 5.96 Å². The van der Waals surface area contributed by atoms with Gasteiger partial charge in [0.1, 0.15) is 0 Å². The van der Waals surface area contributed by atoms with Crippen LogP contribution in [0.25, 0.3) is 0 Å². The zero-order valence-electron chi connectivity index (χ0n) is 14.3. The Morgan fingerprint density at radius 3 is 2.77 bits per heavy atom. The molecule has 4 heteroatoms. The summed E-state index contributed by atoms with van der Waals surface area (Å²) in [5.41, 5.74) is 0.594. The van der Waals surface area contributed by atoms with E-state index in [-0.39, 0.29) is 0 Å². The van der Waals surface area contributed by atoms with Crippen molar-refractivity contribution in [2.45, 2.75) is 58.3 Å². The van der Waals surface area contributed by atoms with Gasteiger partial charge < -0.3 is 15.0 Å². The Labute approximate surface area is 135 Å². The Bertz CT molecular complexity index is 373. The Morgan fingerprint density at radius 2 is 2.05 bits per heavy atom. The number of rotatable bonds is 6. The summed E-state index contributed by atoms with van der Waals surface area (Å²) in [6.07, 6.45) is 11.2. The van der Waals surface area contributed by atoms with Crippen LogP contribution in [0.1, 0.15) is 58.3 Å². The molecular formula is C18H33N3O. The SMILES string of the molecule is CCNC(=NCCOCC1CC1)N1CCC2(CCCCC2)C1. The smallest absolute Gasteiger partial charge is 0.194 e. The highest BCUT2D eigenvalue weighted by atomic mass is 16.5. The summed E-state index contributed by atoms with van der Waals surface area (Å²) in [5, 5.41) is 3.48. The maximum absolute atomic E-state index is 5.71. The fourth-order valence-corrected chi connectivity index (χ4v) is 4.00. The molecule has 0 atom stereocenters. The third-order valence-corrected chi connectivity index (χ3v) is 5.53. The average Bonchev–Trinajstić information content (AvgIpc) is 3.28. The van der Waals surface area contributed by atoms with Crippen molar-refractivity contribution in [3.63, 3.8) is 0 Å². The van der Waals surface area contributed by atoms with Gasteiger partial charge in [0.25, 0.3) is 0 Å². The number of ether oxygens (including phenoxy) is 1. The number of aliphatic imine (C=N–C) groups is 1. The first-order valence-corrected chi connectivity index (χ1v) is 9.42. The molecule has 0 aromatic rings. The standard InChI is InChI=1S/C18H33N3O/c1-2-19-17(20-11-13-22-14-16-6-7-16)21-12-10-18(15-21)8-4-3-5-9-18/h16H,2-15H2,1H3,(H,19,20). The number of nitrogens with zero attached hydrogens (tertiary/aromatic N) is 2. The summed E-state index contributed by atoms with van der Waals surface area (Å²) in [4.78, 5) is 7.29. The first-order valence-electron chi connectivity index (χ1n) is 9.42. The number of nitrogens with one attached hydrogen (secondary N) is 1. The molecule has 0 bridgehead atoms. The molecule has 0 aromatic heterocycles. The highest BCUT2D eigenvalue weighted by Gasteiger charge is 2.39. The van der Waals surface area contributed by atoms with Crippen molar-refractivity contribution >= 4 is 5.96 Å². The van der Waals surface area contributed by atoms with Crippen LogP contribution in [-0.4, -0.2) is 50.3 Å². The minimum absolute atomic E-state index is 0.594. The molecule has 3 aliphatic rings. The summed E-state index contributed by atoms with van der Waals surface area (Å²) in [5.74, 6) is 1.96. The molecule has 1 saturated heterocycles. The number of hydrogen-bond acceptors (Lipinski definition) is 2. The molecule has 1 heterocycles. The van der Waals surface area contributed by atoms with Crippen molar-refractivity contribution in [3.05, 3.63) is 0 Å². The van der Waals surface area contributed by atoms with Crippen LogP contribution < -0.4 is 5.32 Å². The highest BCUT2D eigenvalue weighted by molar-refractivity contribution is 5.80. The molecule has 2 saturated carbocycles. The summed E-state index contributed by atoms with van der Waals surface area (Å²) in [6, 6.07) is 0. The fraction of sp³-hybridized carbons (Fsp3) is 0.944. The lowest BCUT2D eigenvalue weighted by Crippen LogP contribution is -2.41. The largest absolute Gasteiger partial charge is 0.379 e. The van der Waals surface area contributed by atoms with Crippen LogP contribution in [0.5, 0.6) is 0 Å². The van der Waals surface area contributed by atoms with E-state index in [1.165, 1.54) is 64.5 Å². The average molecular weight is 307 g/mol. The first kappa shape index (κ1) is 16.1. The molecule has 1 N–H and O–H groups in total. The molecule has 0 aromatic carbocycles. The fourth-order valence-electron chi connectivity index (χ4n) is 4.00. The van der Waals surface area contributed by atoms with Crippen LogP contribution in [0.3, 0.4) is 0 Å². The monoisotopic (exact) mass is 307 g/mol. The van der Waals surface area contributed by atoms with Gasteiger partial charge in [-0.3, -0.25) is 4.99 Å². The summed E-state index contributed by atoms with van der Waals surface area (Å²) in [7, 11) is 0. The lowest BCUT2D eigenvalue weighted by molar-refractivity contribution is 0.131. The van der Waals surface area contributed by atoms with E-state index in [0.717, 1.165) is 38.2 Å². The Kier molecular flexibility index (Phi) is 5.61. The van der Waals surface area contributed by atoms with Gasteiger partial charge in [-0.2, -0.15) is 0 Å². The Morgan fingerprint density at radius 1 is 1.23 bits per heavy atom. The molecule has 3 fully saturated rings. The predicted octanol–water partition coefficient (Wildman–Crippen LogP) is 3.03. The number of guanidine groups is 1. The lowest BCUT2D eigenvalue weighted by atomic mass is 9.73. The summed E-state index contributed by atoms with van der Waals surface area (Å²) in [6.45, 7) is 8.00. The van der Waals surface area contributed by atoms with E-state index in [1.807, 2.05) is 0 Å². The molecule has 0 radical (unpaired) electrons. The molecule has 2 aliphatic carbocycles. The highest BCUT2D eigenvalue weighted by Crippen LogP contribution is 2.43. The zero-order valence-corrected chi connectivity index (χ0v) is 14.3. The topological polar surface area (TPSA) is 36.9 Å². The van der Waals surface area contributed by atoms with Crippen LogP contribution in [-0.2, 0) is 4.74 Å². The maximum Gasteiger partial charge on any atom is 0.194 e. The van der Waals surface area contributed by atoms with Crippen molar-refractivity contribution in [1.29, 1.82) is 0 Å². The second-order valence-electron chi connectivity index (χ2n) is 7.49. The normalized spacial score (nSPS) is 25.0. The lowest BCUT2D eigenvalue weighted by Gasteiger charge is -2.33. The van der Waals surface area contributed by atoms with Crippen LogP contribution >= 0.6 is 0 Å². The maximum atomic E-state index is 5.71. The van der Waals surface area contributed by atoms with E-state index in [2.05, 4.69) is 17.1 Å². The van der Waals surface area contributed by atoms with E-state index in [0.29, 0.717) is 5.41 Å². The van der Waals surface area contributed by atoms with Crippen LogP contribution in [0.15, 0.2) is 4.99 Å². The van der Waals surface area contributed by atoms with Crippen molar-refractivity contribution in [1.82, 2.24) is 10.2 Å². The van der Waals surface area contributed by atoms with Crippen LogP contribution in [0, 0.1) is 11.3 Å². The number of hydrogen-bond donors (Lipinski definition) is 1.